The Kier molecular flexibility index (Phi) is 7.77. The van der Waals surface area contributed by atoms with E-state index in [1.54, 1.807) is 12.1 Å². The Morgan fingerprint density at radius 1 is 1.16 bits per heavy atom. The number of aromatic nitrogens is 1. The summed E-state index contributed by atoms with van der Waals surface area (Å²) in [5, 5.41) is 22.8. The minimum Gasteiger partial charge on any atom is -0.419 e. The molecular formula is C24H27N3O5. The number of aliphatic hydroxyl groups excluding tert-OH is 1. The van der Waals surface area contributed by atoms with Crippen LogP contribution in [0.1, 0.15) is 29.3 Å². The van der Waals surface area contributed by atoms with Crippen molar-refractivity contribution in [3.05, 3.63) is 76.7 Å². The first-order valence-corrected chi connectivity index (χ1v) is 10.3. The van der Waals surface area contributed by atoms with Crippen molar-refractivity contribution in [3.8, 4) is 0 Å². The fourth-order valence-corrected chi connectivity index (χ4v) is 3.38. The van der Waals surface area contributed by atoms with Gasteiger partial charge in [-0.05, 0) is 55.6 Å². The molecule has 8 nitrogen and oxygen atoms in total. The molecule has 8 heteroatoms. The van der Waals surface area contributed by atoms with Gasteiger partial charge in [0.1, 0.15) is 6.10 Å². The second-order valence-electron chi connectivity index (χ2n) is 7.49. The van der Waals surface area contributed by atoms with Gasteiger partial charge in [0.05, 0.1) is 0 Å². The van der Waals surface area contributed by atoms with Crippen molar-refractivity contribution in [2.75, 3.05) is 6.54 Å². The topological polar surface area (TPSA) is 124 Å². The number of hydrogen-bond donors (Lipinski definition) is 5. The van der Waals surface area contributed by atoms with Crippen LogP contribution in [0.5, 0.6) is 0 Å². The summed E-state index contributed by atoms with van der Waals surface area (Å²) >= 11 is 0. The molecule has 0 radical (unpaired) electrons. The van der Waals surface area contributed by atoms with Crippen LogP contribution >= 0.6 is 0 Å². The zero-order valence-electron chi connectivity index (χ0n) is 18.0. The number of hydrogen-bond acceptors (Lipinski definition) is 6. The number of aliphatic hydroxyl groups is 1. The molecule has 3 aromatic rings. The van der Waals surface area contributed by atoms with E-state index in [4.69, 9.17) is 9.94 Å². The predicted molar refractivity (Wildman–Crippen MR) is 121 cm³/mol. The van der Waals surface area contributed by atoms with Crippen LogP contribution in [0.4, 0.5) is 0 Å². The Morgan fingerprint density at radius 2 is 1.88 bits per heavy atom. The molecule has 0 spiro atoms. The van der Waals surface area contributed by atoms with Crippen molar-refractivity contribution in [2.45, 2.75) is 32.9 Å². The van der Waals surface area contributed by atoms with Crippen molar-refractivity contribution >= 4 is 28.9 Å². The summed E-state index contributed by atoms with van der Waals surface area (Å²) in [4.78, 5) is 26.7. The van der Waals surface area contributed by atoms with E-state index in [9.17, 15) is 14.7 Å². The zero-order chi connectivity index (χ0) is 23.1. The molecular weight excluding hydrogens is 410 g/mol. The van der Waals surface area contributed by atoms with Crippen LogP contribution in [0.2, 0.25) is 0 Å². The van der Waals surface area contributed by atoms with E-state index in [0.29, 0.717) is 12.1 Å². The average molecular weight is 437 g/mol. The van der Waals surface area contributed by atoms with Crippen molar-refractivity contribution in [1.82, 2.24) is 15.8 Å². The van der Waals surface area contributed by atoms with Gasteiger partial charge in [-0.25, -0.2) is 10.3 Å². The molecule has 3 rings (SSSR count). The maximum absolute atomic E-state index is 11.7. The van der Waals surface area contributed by atoms with Gasteiger partial charge in [0.15, 0.2) is 5.76 Å². The Balaban J connectivity index is 1.57. The van der Waals surface area contributed by atoms with Crippen LogP contribution in [0, 0.1) is 6.92 Å². The zero-order valence-corrected chi connectivity index (χ0v) is 18.0. The van der Waals surface area contributed by atoms with Gasteiger partial charge in [0, 0.05) is 23.1 Å². The first kappa shape index (κ1) is 23.2. The molecule has 0 aliphatic heterocycles. The number of amides is 1. The number of para-hydroxylation sites is 1. The molecule has 5 N–H and O–H groups in total. The van der Waals surface area contributed by atoms with Crippen LogP contribution in [0.15, 0.2) is 54.3 Å². The van der Waals surface area contributed by atoms with E-state index >= 15 is 0 Å². The van der Waals surface area contributed by atoms with Crippen molar-refractivity contribution in [1.29, 1.82) is 0 Å². The summed E-state index contributed by atoms with van der Waals surface area (Å²) in [7, 11) is 0. The Labute approximate surface area is 185 Å². The molecule has 168 valence electrons. The molecule has 0 bridgehead atoms. The number of benzene rings is 2. The largest absolute Gasteiger partial charge is 0.419 e. The second kappa shape index (κ2) is 10.7. The SMILES string of the molecule is Cc1[nH]c2ccccc2c1CCNCc1ccc(/C=C(\OC(=O)C(C)O)C(=O)NO)cc1. The smallest absolute Gasteiger partial charge is 0.340 e. The second-order valence-corrected chi connectivity index (χ2v) is 7.49. The maximum atomic E-state index is 11.7. The first-order chi connectivity index (χ1) is 15.4. The molecule has 0 saturated carbocycles. The van der Waals surface area contributed by atoms with Crippen LogP contribution in [0.3, 0.4) is 0 Å². The molecule has 1 unspecified atom stereocenters. The first-order valence-electron chi connectivity index (χ1n) is 10.3. The van der Waals surface area contributed by atoms with Crippen LogP contribution < -0.4 is 10.8 Å². The highest BCUT2D eigenvalue weighted by Gasteiger charge is 2.18. The van der Waals surface area contributed by atoms with Gasteiger partial charge >= 0.3 is 11.9 Å². The number of ether oxygens (including phenoxy) is 1. The summed E-state index contributed by atoms with van der Waals surface area (Å²) in [5.74, 6) is -2.40. The monoisotopic (exact) mass is 437 g/mol. The quantitative estimate of drug-likeness (QED) is 0.0876. The molecule has 0 saturated heterocycles. The van der Waals surface area contributed by atoms with Gasteiger partial charge in [-0.2, -0.15) is 0 Å². The maximum Gasteiger partial charge on any atom is 0.340 e. The van der Waals surface area contributed by atoms with Crippen molar-refractivity contribution < 1.29 is 24.6 Å². The van der Waals surface area contributed by atoms with Crippen LogP contribution in [-0.4, -0.2) is 39.8 Å². The number of esters is 1. The van der Waals surface area contributed by atoms with Crippen LogP contribution in [-0.2, 0) is 27.3 Å². The van der Waals surface area contributed by atoms with E-state index < -0.39 is 23.7 Å². The van der Waals surface area contributed by atoms with Gasteiger partial charge in [0.25, 0.3) is 0 Å². The number of carbonyl (C=O) groups excluding carboxylic acids is 2. The van der Waals surface area contributed by atoms with Gasteiger partial charge in [-0.1, -0.05) is 42.5 Å². The lowest BCUT2D eigenvalue weighted by Crippen LogP contribution is -2.27. The molecule has 1 aromatic heterocycles. The Bertz CT molecular complexity index is 1120. The van der Waals surface area contributed by atoms with E-state index in [2.05, 4.69) is 29.4 Å². The molecule has 2 aromatic carbocycles. The summed E-state index contributed by atoms with van der Waals surface area (Å²) in [5.41, 5.74) is 6.72. The lowest BCUT2D eigenvalue weighted by molar-refractivity contribution is -0.151. The summed E-state index contributed by atoms with van der Waals surface area (Å²) < 4.78 is 4.84. The predicted octanol–water partition coefficient (Wildman–Crippen LogP) is 2.58. The average Bonchev–Trinajstić information content (AvgIpc) is 3.11. The molecule has 0 aliphatic carbocycles. The van der Waals surface area contributed by atoms with Crippen LogP contribution in [0.25, 0.3) is 17.0 Å². The van der Waals surface area contributed by atoms with E-state index in [1.165, 1.54) is 35.1 Å². The van der Waals surface area contributed by atoms with Crippen molar-refractivity contribution in [2.24, 2.45) is 0 Å². The minimum absolute atomic E-state index is 0.418. The van der Waals surface area contributed by atoms with Gasteiger partial charge in [-0.15, -0.1) is 0 Å². The van der Waals surface area contributed by atoms with E-state index in [-0.39, 0.29) is 0 Å². The molecule has 32 heavy (non-hydrogen) atoms. The molecule has 0 aliphatic rings. The number of carbonyl (C=O) groups is 2. The fraction of sp³-hybridized carbons (Fsp3) is 0.250. The lowest BCUT2D eigenvalue weighted by atomic mass is 10.1. The van der Waals surface area contributed by atoms with Gasteiger partial charge in [-0.3, -0.25) is 10.0 Å². The van der Waals surface area contributed by atoms with Gasteiger partial charge < -0.3 is 20.1 Å². The Morgan fingerprint density at radius 3 is 2.56 bits per heavy atom. The Hall–Kier alpha value is -3.46. The number of rotatable bonds is 9. The summed E-state index contributed by atoms with van der Waals surface area (Å²) in [6.07, 6.45) is 0.819. The number of aromatic amines is 1. The fourth-order valence-electron chi connectivity index (χ4n) is 3.38. The molecule has 1 atom stereocenters. The molecule has 1 amide bonds. The third-order valence-corrected chi connectivity index (χ3v) is 5.06. The number of nitrogens with one attached hydrogen (secondary N) is 3. The van der Waals surface area contributed by atoms with E-state index in [0.717, 1.165) is 24.0 Å². The number of H-pyrrole nitrogens is 1. The number of hydroxylamine groups is 1. The summed E-state index contributed by atoms with van der Waals surface area (Å²) in [6.45, 7) is 4.80. The molecule has 1 heterocycles. The normalized spacial score (nSPS) is 12.6. The number of aryl methyl sites for hydroxylation is 1. The minimum atomic E-state index is -1.40. The highest BCUT2D eigenvalue weighted by atomic mass is 16.6. The summed E-state index contributed by atoms with van der Waals surface area (Å²) in [6, 6.07) is 15.6. The van der Waals surface area contributed by atoms with Gasteiger partial charge in [0.2, 0.25) is 0 Å². The lowest BCUT2D eigenvalue weighted by Gasteiger charge is -2.09. The molecule has 0 fully saturated rings. The number of fused-ring (bicyclic) bond motifs is 1. The van der Waals surface area contributed by atoms with Crippen molar-refractivity contribution in [3.63, 3.8) is 0 Å². The van der Waals surface area contributed by atoms with E-state index in [1.807, 2.05) is 24.3 Å². The third-order valence-electron chi connectivity index (χ3n) is 5.06. The third kappa shape index (κ3) is 5.82. The highest BCUT2D eigenvalue weighted by molar-refractivity contribution is 5.97. The standard InChI is InChI=1S/C24H27N3O5/c1-15-19(20-5-3-4-6-21(20)26-15)11-12-25-14-18-9-7-17(8-10-18)13-22(23(29)27-31)32-24(30)16(2)28/h3-10,13,16,25-26,28,31H,11-12,14H2,1-2H3,(H,27,29)/b22-13-. The highest BCUT2D eigenvalue weighted by Crippen LogP contribution is 2.22.